The van der Waals surface area contributed by atoms with Gasteiger partial charge in [0.2, 0.25) is 0 Å². The van der Waals surface area contributed by atoms with Crippen molar-refractivity contribution < 1.29 is 9.63 Å². The minimum Gasteiger partial charge on any atom is -0.386 e. The molecule has 0 radical (unpaired) electrons. The van der Waals surface area contributed by atoms with Crippen LogP contribution >= 0.6 is 15.9 Å². The van der Waals surface area contributed by atoms with Crippen molar-refractivity contribution in [3.05, 3.63) is 64.1 Å². The standard InChI is InChI=1S/C16H15BrN2O2/c1-12-9-14(17)7-8-15(12)19-16(20)11-21-18-10-13-5-3-2-4-6-13/h2-10H,11H2,1H3,(H,19,20)/b18-10-. The van der Waals surface area contributed by atoms with Crippen LogP contribution in [0.2, 0.25) is 0 Å². The molecule has 0 heterocycles. The summed E-state index contributed by atoms with van der Waals surface area (Å²) in [5.74, 6) is -0.245. The summed E-state index contributed by atoms with van der Waals surface area (Å²) in [5.41, 5.74) is 2.66. The van der Waals surface area contributed by atoms with E-state index in [1.54, 1.807) is 6.21 Å². The first-order valence-electron chi connectivity index (χ1n) is 6.41. The van der Waals surface area contributed by atoms with Gasteiger partial charge < -0.3 is 10.2 Å². The zero-order valence-electron chi connectivity index (χ0n) is 11.5. The van der Waals surface area contributed by atoms with Crippen LogP contribution in [-0.4, -0.2) is 18.7 Å². The van der Waals surface area contributed by atoms with Crippen molar-refractivity contribution in [2.45, 2.75) is 6.92 Å². The summed E-state index contributed by atoms with van der Waals surface area (Å²) < 4.78 is 0.974. The third kappa shape index (κ3) is 5.04. The largest absolute Gasteiger partial charge is 0.386 e. The van der Waals surface area contributed by atoms with Gasteiger partial charge in [-0.1, -0.05) is 51.4 Å². The Hall–Kier alpha value is -2.14. The number of hydrogen-bond donors (Lipinski definition) is 1. The number of carbonyl (C=O) groups excluding carboxylic acids is 1. The van der Waals surface area contributed by atoms with Crippen LogP contribution in [0.3, 0.4) is 0 Å². The van der Waals surface area contributed by atoms with E-state index in [2.05, 4.69) is 26.4 Å². The zero-order chi connectivity index (χ0) is 15.1. The van der Waals surface area contributed by atoms with Crippen molar-refractivity contribution >= 4 is 33.7 Å². The monoisotopic (exact) mass is 346 g/mol. The first kappa shape index (κ1) is 15.3. The van der Waals surface area contributed by atoms with Crippen molar-refractivity contribution in [3.8, 4) is 0 Å². The molecule has 21 heavy (non-hydrogen) atoms. The van der Waals surface area contributed by atoms with Crippen molar-refractivity contribution in [1.82, 2.24) is 0 Å². The summed E-state index contributed by atoms with van der Waals surface area (Å²) in [6, 6.07) is 15.2. The average Bonchev–Trinajstić information content (AvgIpc) is 2.48. The summed E-state index contributed by atoms with van der Waals surface area (Å²) in [7, 11) is 0. The van der Waals surface area contributed by atoms with Gasteiger partial charge in [0, 0.05) is 10.2 Å². The van der Waals surface area contributed by atoms with E-state index in [0.717, 1.165) is 21.3 Å². The van der Waals surface area contributed by atoms with E-state index in [-0.39, 0.29) is 12.5 Å². The van der Waals surface area contributed by atoms with Gasteiger partial charge in [-0.2, -0.15) is 0 Å². The summed E-state index contributed by atoms with van der Waals surface area (Å²) >= 11 is 3.38. The number of hydrogen-bond acceptors (Lipinski definition) is 3. The van der Waals surface area contributed by atoms with Gasteiger partial charge in [0.05, 0.1) is 6.21 Å². The quantitative estimate of drug-likeness (QED) is 0.662. The van der Waals surface area contributed by atoms with Crippen LogP contribution in [0.1, 0.15) is 11.1 Å². The van der Waals surface area contributed by atoms with E-state index < -0.39 is 0 Å². The van der Waals surface area contributed by atoms with Crippen molar-refractivity contribution in [1.29, 1.82) is 0 Å². The van der Waals surface area contributed by atoms with Crippen molar-refractivity contribution in [2.24, 2.45) is 5.16 Å². The highest BCUT2D eigenvalue weighted by Gasteiger charge is 2.05. The molecule has 4 nitrogen and oxygen atoms in total. The molecular formula is C16H15BrN2O2. The lowest BCUT2D eigenvalue weighted by atomic mass is 10.2. The molecule has 0 saturated carbocycles. The molecule has 0 saturated heterocycles. The Kier molecular flexibility index (Phi) is 5.51. The third-order valence-electron chi connectivity index (χ3n) is 2.73. The minimum atomic E-state index is -0.245. The normalized spacial score (nSPS) is 10.6. The SMILES string of the molecule is Cc1cc(Br)ccc1NC(=O)CO/N=C\c1ccccc1. The first-order chi connectivity index (χ1) is 10.1. The smallest absolute Gasteiger partial charge is 0.265 e. The van der Waals surface area contributed by atoms with Crippen LogP contribution in [0.5, 0.6) is 0 Å². The predicted molar refractivity (Wildman–Crippen MR) is 87.5 cm³/mol. The molecule has 1 amide bonds. The maximum Gasteiger partial charge on any atom is 0.265 e. The fourth-order valence-corrected chi connectivity index (χ4v) is 2.16. The number of carbonyl (C=O) groups is 1. The molecule has 5 heteroatoms. The van der Waals surface area contributed by atoms with Crippen LogP contribution in [-0.2, 0) is 9.63 Å². The Balaban J connectivity index is 1.81. The molecule has 0 unspecified atom stereocenters. The zero-order valence-corrected chi connectivity index (χ0v) is 13.1. The molecule has 1 N–H and O–H groups in total. The summed E-state index contributed by atoms with van der Waals surface area (Å²) in [5, 5.41) is 6.54. The Morgan fingerprint density at radius 1 is 1.29 bits per heavy atom. The Morgan fingerprint density at radius 2 is 2.05 bits per heavy atom. The number of benzene rings is 2. The highest BCUT2D eigenvalue weighted by atomic mass is 79.9. The van der Waals surface area contributed by atoms with Gasteiger partial charge in [0.25, 0.3) is 5.91 Å². The lowest BCUT2D eigenvalue weighted by Gasteiger charge is -2.07. The highest BCUT2D eigenvalue weighted by molar-refractivity contribution is 9.10. The molecule has 0 aliphatic heterocycles. The molecular weight excluding hydrogens is 332 g/mol. The Labute approximate surface area is 131 Å². The highest BCUT2D eigenvalue weighted by Crippen LogP contribution is 2.19. The average molecular weight is 347 g/mol. The lowest BCUT2D eigenvalue weighted by molar-refractivity contribution is -0.120. The van der Waals surface area contributed by atoms with Gasteiger partial charge in [0.15, 0.2) is 6.61 Å². The van der Waals surface area contributed by atoms with Gasteiger partial charge in [-0.15, -0.1) is 0 Å². The van der Waals surface area contributed by atoms with Crippen LogP contribution in [0, 0.1) is 6.92 Å². The molecule has 2 rings (SSSR count). The summed E-state index contributed by atoms with van der Waals surface area (Å²) in [4.78, 5) is 16.7. The number of halogens is 1. The Morgan fingerprint density at radius 3 is 2.76 bits per heavy atom. The minimum absolute atomic E-state index is 0.126. The van der Waals surface area contributed by atoms with E-state index in [9.17, 15) is 4.79 Å². The van der Waals surface area contributed by atoms with Gasteiger partial charge in [-0.3, -0.25) is 4.79 Å². The fourth-order valence-electron chi connectivity index (χ4n) is 1.69. The maximum absolute atomic E-state index is 11.7. The van der Waals surface area contributed by atoms with Crippen LogP contribution in [0.4, 0.5) is 5.69 Å². The predicted octanol–water partition coefficient (Wildman–Crippen LogP) is 3.75. The topological polar surface area (TPSA) is 50.7 Å². The Bertz CT molecular complexity index is 642. The van der Waals surface area contributed by atoms with Crippen LogP contribution in [0.25, 0.3) is 0 Å². The molecule has 0 aliphatic carbocycles. The number of rotatable bonds is 5. The molecule has 0 spiro atoms. The van der Waals surface area contributed by atoms with Gasteiger partial charge in [-0.05, 0) is 36.2 Å². The molecule has 2 aromatic carbocycles. The van der Waals surface area contributed by atoms with E-state index in [4.69, 9.17) is 4.84 Å². The van der Waals surface area contributed by atoms with Gasteiger partial charge in [0.1, 0.15) is 0 Å². The first-order valence-corrected chi connectivity index (χ1v) is 7.21. The molecule has 0 bridgehead atoms. The summed E-state index contributed by atoms with van der Waals surface area (Å²) in [6.45, 7) is 1.80. The molecule has 0 atom stereocenters. The summed E-state index contributed by atoms with van der Waals surface area (Å²) in [6.07, 6.45) is 1.57. The molecule has 108 valence electrons. The molecule has 2 aromatic rings. The van der Waals surface area contributed by atoms with Crippen LogP contribution < -0.4 is 5.32 Å². The fraction of sp³-hybridized carbons (Fsp3) is 0.125. The van der Waals surface area contributed by atoms with Crippen LogP contribution in [0.15, 0.2) is 58.2 Å². The second-order valence-corrected chi connectivity index (χ2v) is 5.34. The van der Waals surface area contributed by atoms with E-state index in [1.165, 1.54) is 0 Å². The maximum atomic E-state index is 11.7. The van der Waals surface area contributed by atoms with E-state index in [0.29, 0.717) is 0 Å². The number of nitrogens with one attached hydrogen (secondary N) is 1. The van der Waals surface area contributed by atoms with Gasteiger partial charge >= 0.3 is 0 Å². The van der Waals surface area contributed by atoms with Crippen molar-refractivity contribution in [3.63, 3.8) is 0 Å². The molecule has 0 aliphatic rings. The van der Waals surface area contributed by atoms with Gasteiger partial charge in [-0.25, -0.2) is 0 Å². The number of amides is 1. The number of oxime groups is 1. The molecule has 0 aromatic heterocycles. The van der Waals surface area contributed by atoms with Crippen molar-refractivity contribution in [2.75, 3.05) is 11.9 Å². The third-order valence-corrected chi connectivity index (χ3v) is 3.23. The number of aryl methyl sites for hydroxylation is 1. The number of anilines is 1. The number of nitrogens with zero attached hydrogens (tertiary/aromatic N) is 1. The second-order valence-electron chi connectivity index (χ2n) is 4.43. The molecule has 0 fully saturated rings. The van der Waals surface area contributed by atoms with E-state index >= 15 is 0 Å². The second kappa shape index (κ2) is 7.59. The van der Waals surface area contributed by atoms with E-state index in [1.807, 2.05) is 55.5 Å². The lowest BCUT2D eigenvalue weighted by Crippen LogP contribution is -2.17.